The van der Waals surface area contributed by atoms with Gasteiger partial charge in [0, 0.05) is 113 Å². The van der Waals surface area contributed by atoms with E-state index in [2.05, 4.69) is 228 Å². The van der Waals surface area contributed by atoms with E-state index in [1.807, 2.05) is 36.4 Å². The molecule has 0 saturated heterocycles. The molecule has 12 aromatic carbocycles. The molecular weight excluding hydrogens is 933 g/mol. The number of hydrogen-bond acceptors (Lipinski definition) is 6. The van der Waals surface area contributed by atoms with Crippen LogP contribution in [0.4, 0.5) is 34.1 Å². The number of furan rings is 4. The minimum Gasteiger partial charge on any atom is -0.456 e. The third kappa shape index (κ3) is 6.54. The minimum atomic E-state index is 0.788. The normalized spacial score (nSPS) is 11.9. The summed E-state index contributed by atoms with van der Waals surface area (Å²) in [5.74, 6) is 0. The molecule has 0 unspecified atom stereocenters. The Bertz CT molecular complexity index is 4620. The van der Waals surface area contributed by atoms with Crippen LogP contribution in [0.3, 0.4) is 0 Å². The summed E-state index contributed by atoms with van der Waals surface area (Å²) < 4.78 is 27.3. The van der Waals surface area contributed by atoms with Crippen molar-refractivity contribution in [1.82, 2.24) is 0 Å². The first-order chi connectivity index (χ1) is 37.7. The summed E-state index contributed by atoms with van der Waals surface area (Å²) in [5.41, 5.74) is 16.8. The van der Waals surface area contributed by atoms with Crippen LogP contribution in [-0.2, 0) is 0 Å². The second-order valence-corrected chi connectivity index (χ2v) is 19.5. The number of para-hydroxylation sites is 4. The molecule has 0 saturated carbocycles. The Morgan fingerprint density at radius 3 is 0.882 bits per heavy atom. The van der Waals surface area contributed by atoms with Crippen LogP contribution in [0.15, 0.2) is 272 Å². The number of fused-ring (bicyclic) bond motifs is 13. The zero-order valence-corrected chi connectivity index (χ0v) is 40.8. The van der Waals surface area contributed by atoms with Gasteiger partial charge in [-0.05, 0) is 119 Å². The standard InChI is InChI=1S/C70H42N2O4/c1-5-17-43(18-6-1)67-57-41-60-56-36-32-50(72(46-23-11-4-12-24-46)48-30-34-54-52-26-14-16-28-62(52)74-64(54)38-48)40-66(56)76-70(60)68(44-19-7-2-8-20-44)58(57)42-59-55-35-31-49(39-65(55)75-69(59)67)71(45-21-9-3-10-22-45)47-29-33-53-51-25-13-15-27-61(51)73-63(53)37-47/h1-42H. The van der Waals surface area contributed by atoms with Gasteiger partial charge < -0.3 is 27.5 Å². The Morgan fingerprint density at radius 2 is 0.500 bits per heavy atom. The topological polar surface area (TPSA) is 59.0 Å². The monoisotopic (exact) mass is 974 g/mol. The first-order valence-corrected chi connectivity index (χ1v) is 25.6. The van der Waals surface area contributed by atoms with E-state index in [0.717, 1.165) is 155 Å². The Kier molecular flexibility index (Phi) is 9.23. The molecule has 0 aliphatic rings. The third-order valence-corrected chi connectivity index (χ3v) is 15.2. The van der Waals surface area contributed by atoms with Gasteiger partial charge in [0.15, 0.2) is 0 Å². The van der Waals surface area contributed by atoms with Gasteiger partial charge in [-0.2, -0.15) is 0 Å². The summed E-state index contributed by atoms with van der Waals surface area (Å²) in [6.07, 6.45) is 0. The lowest BCUT2D eigenvalue weighted by molar-refractivity contribution is 0.668. The molecule has 16 aromatic rings. The van der Waals surface area contributed by atoms with Crippen molar-refractivity contribution in [3.05, 3.63) is 255 Å². The van der Waals surface area contributed by atoms with Crippen LogP contribution < -0.4 is 9.80 Å². The molecule has 6 nitrogen and oxygen atoms in total. The molecule has 356 valence electrons. The summed E-state index contributed by atoms with van der Waals surface area (Å²) in [6.45, 7) is 0. The van der Waals surface area contributed by atoms with E-state index in [0.29, 0.717) is 0 Å². The summed E-state index contributed by atoms with van der Waals surface area (Å²) >= 11 is 0. The lowest BCUT2D eigenvalue weighted by Gasteiger charge is -2.25. The van der Waals surface area contributed by atoms with Gasteiger partial charge in [-0.25, -0.2) is 0 Å². The van der Waals surface area contributed by atoms with E-state index >= 15 is 0 Å². The van der Waals surface area contributed by atoms with Gasteiger partial charge in [-0.1, -0.05) is 133 Å². The van der Waals surface area contributed by atoms with Crippen molar-refractivity contribution in [3.63, 3.8) is 0 Å². The van der Waals surface area contributed by atoms with E-state index in [9.17, 15) is 0 Å². The highest BCUT2D eigenvalue weighted by atomic mass is 16.3. The summed E-state index contributed by atoms with van der Waals surface area (Å²) in [7, 11) is 0. The van der Waals surface area contributed by atoms with Gasteiger partial charge in [0.25, 0.3) is 0 Å². The van der Waals surface area contributed by atoms with Crippen LogP contribution in [0.25, 0.3) is 121 Å². The predicted octanol–water partition coefficient (Wildman–Crippen LogP) is 20.7. The summed E-state index contributed by atoms with van der Waals surface area (Å²) in [4.78, 5) is 4.54. The molecule has 0 amide bonds. The lowest BCUT2D eigenvalue weighted by Crippen LogP contribution is -2.09. The van der Waals surface area contributed by atoms with Crippen LogP contribution in [0.1, 0.15) is 0 Å². The van der Waals surface area contributed by atoms with Crippen LogP contribution >= 0.6 is 0 Å². The van der Waals surface area contributed by atoms with Gasteiger partial charge in [0.2, 0.25) is 0 Å². The predicted molar refractivity (Wildman–Crippen MR) is 313 cm³/mol. The zero-order chi connectivity index (χ0) is 49.8. The molecule has 0 N–H and O–H groups in total. The highest BCUT2D eigenvalue weighted by Crippen LogP contribution is 2.50. The molecular formula is C70H42N2O4. The Balaban J connectivity index is 0.909. The van der Waals surface area contributed by atoms with E-state index in [4.69, 9.17) is 17.7 Å². The van der Waals surface area contributed by atoms with Gasteiger partial charge in [-0.3, -0.25) is 0 Å². The smallest absolute Gasteiger partial charge is 0.143 e. The highest BCUT2D eigenvalue weighted by Gasteiger charge is 2.25. The van der Waals surface area contributed by atoms with Crippen LogP contribution in [0.5, 0.6) is 0 Å². The number of hydrogen-bond donors (Lipinski definition) is 0. The Labute approximate surface area is 435 Å². The quantitative estimate of drug-likeness (QED) is 0.151. The van der Waals surface area contributed by atoms with Gasteiger partial charge >= 0.3 is 0 Å². The molecule has 0 aliphatic heterocycles. The van der Waals surface area contributed by atoms with Crippen molar-refractivity contribution in [3.8, 4) is 22.3 Å². The van der Waals surface area contributed by atoms with Crippen molar-refractivity contribution in [2.45, 2.75) is 0 Å². The molecule has 16 rings (SSSR count). The molecule has 0 aliphatic carbocycles. The van der Waals surface area contributed by atoms with Crippen molar-refractivity contribution >= 4 is 133 Å². The summed E-state index contributed by atoms with van der Waals surface area (Å²) in [6, 6.07) is 89.4. The molecule has 0 fully saturated rings. The van der Waals surface area contributed by atoms with Crippen molar-refractivity contribution in [2.24, 2.45) is 0 Å². The van der Waals surface area contributed by atoms with Gasteiger partial charge in [0.05, 0.1) is 0 Å². The molecule has 4 aromatic heterocycles. The van der Waals surface area contributed by atoms with Crippen molar-refractivity contribution in [2.75, 3.05) is 9.80 Å². The van der Waals surface area contributed by atoms with E-state index in [1.54, 1.807) is 0 Å². The maximum atomic E-state index is 7.23. The van der Waals surface area contributed by atoms with Crippen LogP contribution in [0, 0.1) is 0 Å². The first kappa shape index (κ1) is 42.2. The maximum Gasteiger partial charge on any atom is 0.143 e. The SMILES string of the molecule is c1ccc(-c2c3cc4c(oc5cc(N(c6ccccc6)c6ccc7c(c6)oc6ccccc67)ccc54)c(-c4ccccc4)c3cc3c2oc2cc(N(c4ccccc4)c4ccc5c(c4)oc4ccccc45)ccc23)cc1. The number of benzene rings is 12. The fourth-order valence-corrected chi connectivity index (χ4v) is 11.8. The average molecular weight is 975 g/mol. The minimum absolute atomic E-state index is 0.788. The summed E-state index contributed by atoms with van der Waals surface area (Å²) in [5, 5.41) is 10.6. The molecule has 0 bridgehead atoms. The molecule has 76 heavy (non-hydrogen) atoms. The molecule has 6 heteroatoms. The van der Waals surface area contributed by atoms with E-state index in [1.165, 1.54) is 0 Å². The van der Waals surface area contributed by atoms with Gasteiger partial charge in [-0.15, -0.1) is 0 Å². The molecule has 0 atom stereocenters. The Hall–Kier alpha value is -10.3. The maximum absolute atomic E-state index is 7.23. The lowest BCUT2D eigenvalue weighted by atomic mass is 9.89. The van der Waals surface area contributed by atoms with Crippen LogP contribution in [0.2, 0.25) is 0 Å². The number of rotatable bonds is 8. The second kappa shape index (κ2) is 16.6. The second-order valence-electron chi connectivity index (χ2n) is 19.5. The number of nitrogens with zero attached hydrogens (tertiary/aromatic N) is 2. The fourth-order valence-electron chi connectivity index (χ4n) is 11.8. The molecule has 4 heterocycles. The van der Waals surface area contributed by atoms with E-state index in [-0.39, 0.29) is 0 Å². The average Bonchev–Trinajstić information content (AvgIpc) is 4.25. The first-order valence-electron chi connectivity index (χ1n) is 25.6. The van der Waals surface area contributed by atoms with Crippen LogP contribution in [-0.4, -0.2) is 0 Å². The molecule has 0 radical (unpaired) electrons. The van der Waals surface area contributed by atoms with Crippen molar-refractivity contribution < 1.29 is 17.7 Å². The Morgan fingerprint density at radius 1 is 0.197 bits per heavy atom. The van der Waals surface area contributed by atoms with E-state index < -0.39 is 0 Å². The molecule has 0 spiro atoms. The third-order valence-electron chi connectivity index (χ3n) is 15.2. The largest absolute Gasteiger partial charge is 0.456 e. The number of anilines is 6. The zero-order valence-electron chi connectivity index (χ0n) is 40.8. The highest BCUT2D eigenvalue weighted by molar-refractivity contribution is 6.27. The van der Waals surface area contributed by atoms with Crippen molar-refractivity contribution in [1.29, 1.82) is 0 Å². The fraction of sp³-hybridized carbons (Fsp3) is 0. The van der Waals surface area contributed by atoms with Gasteiger partial charge in [0.1, 0.15) is 44.7 Å².